The zero-order valence-electron chi connectivity index (χ0n) is 10.8. The number of nitrogens with zero attached hydrogens (tertiary/aromatic N) is 1. The molecule has 1 heterocycles. The Balaban J connectivity index is 1.89. The van der Waals surface area contributed by atoms with Crippen LogP contribution in [0.3, 0.4) is 0 Å². The van der Waals surface area contributed by atoms with E-state index in [1.54, 1.807) is 12.1 Å². The van der Waals surface area contributed by atoms with Crippen molar-refractivity contribution in [2.24, 2.45) is 0 Å². The van der Waals surface area contributed by atoms with Crippen molar-refractivity contribution in [2.75, 3.05) is 4.72 Å². The molecule has 21 heavy (non-hydrogen) atoms. The summed E-state index contributed by atoms with van der Waals surface area (Å²) in [6.07, 6.45) is 1.86. The molecule has 0 radical (unpaired) electrons. The Labute approximate surface area is 126 Å². The maximum Gasteiger partial charge on any atom is 0.299 e. The second kappa shape index (κ2) is 5.31. The molecule has 5 nitrogen and oxygen atoms in total. The molecule has 0 unspecified atom stereocenters. The summed E-state index contributed by atoms with van der Waals surface area (Å²) in [5, 5.41) is 3.35. The van der Waals surface area contributed by atoms with Gasteiger partial charge in [-0.25, -0.2) is 4.39 Å². The van der Waals surface area contributed by atoms with Crippen molar-refractivity contribution in [3.8, 4) is 0 Å². The molecule has 0 spiro atoms. The smallest absolute Gasteiger partial charge is 0.299 e. The van der Waals surface area contributed by atoms with Crippen molar-refractivity contribution in [1.29, 1.82) is 0 Å². The van der Waals surface area contributed by atoms with E-state index in [-0.39, 0.29) is 16.6 Å². The van der Waals surface area contributed by atoms with Gasteiger partial charge in [-0.05, 0) is 30.5 Å². The summed E-state index contributed by atoms with van der Waals surface area (Å²) < 4.78 is 44.3. The van der Waals surface area contributed by atoms with Crippen molar-refractivity contribution < 1.29 is 17.3 Å². The van der Waals surface area contributed by atoms with Crippen molar-refractivity contribution >= 4 is 27.3 Å². The van der Waals surface area contributed by atoms with Crippen molar-refractivity contribution in [3.05, 3.63) is 40.5 Å². The molecule has 1 aromatic heterocycles. The van der Waals surface area contributed by atoms with Crippen molar-refractivity contribution in [2.45, 2.75) is 30.5 Å². The average Bonchev–Trinajstić information content (AvgIpc) is 3.21. The standard InChI is InChI=1S/C13H12ClFN2O3S/c14-11-12(9-4-5-9)16-20-13(11)21(18,19)17-10-3-1-2-8(6-10)7-15/h1-3,6,9,17H,4-5,7H2. The highest BCUT2D eigenvalue weighted by molar-refractivity contribution is 7.92. The molecule has 2 aromatic rings. The Morgan fingerprint density at radius 2 is 2.19 bits per heavy atom. The van der Waals surface area contributed by atoms with E-state index in [2.05, 4.69) is 9.88 Å². The molecule has 0 aliphatic heterocycles. The number of benzene rings is 1. The highest BCUT2D eigenvalue weighted by Gasteiger charge is 2.35. The van der Waals surface area contributed by atoms with Gasteiger partial charge in [0, 0.05) is 11.6 Å². The number of nitrogens with one attached hydrogen (secondary N) is 1. The van der Waals surface area contributed by atoms with E-state index in [9.17, 15) is 12.8 Å². The zero-order chi connectivity index (χ0) is 15.0. The molecule has 1 aliphatic carbocycles. The number of anilines is 1. The lowest BCUT2D eigenvalue weighted by Gasteiger charge is -2.06. The van der Waals surface area contributed by atoms with Gasteiger partial charge >= 0.3 is 0 Å². The molecule has 0 bridgehead atoms. The molecule has 1 aliphatic rings. The van der Waals surface area contributed by atoms with Crippen LogP contribution < -0.4 is 4.72 Å². The van der Waals surface area contributed by atoms with E-state index in [0.717, 1.165) is 12.8 Å². The van der Waals surface area contributed by atoms with Crippen LogP contribution in [-0.4, -0.2) is 13.6 Å². The molecule has 1 saturated carbocycles. The van der Waals surface area contributed by atoms with Crippen molar-refractivity contribution in [1.82, 2.24) is 5.16 Å². The Bertz CT molecular complexity index is 771. The third-order valence-electron chi connectivity index (χ3n) is 3.17. The number of halogens is 2. The number of sulfonamides is 1. The van der Waals surface area contributed by atoms with Crippen LogP contribution in [0.5, 0.6) is 0 Å². The number of rotatable bonds is 5. The van der Waals surface area contributed by atoms with E-state index in [4.69, 9.17) is 16.1 Å². The molecule has 0 amide bonds. The van der Waals surface area contributed by atoms with E-state index in [1.807, 2.05) is 0 Å². The minimum Gasteiger partial charge on any atom is -0.341 e. The lowest BCUT2D eigenvalue weighted by Crippen LogP contribution is -2.12. The number of aromatic nitrogens is 1. The summed E-state index contributed by atoms with van der Waals surface area (Å²) in [7, 11) is -3.99. The topological polar surface area (TPSA) is 72.2 Å². The van der Waals surface area contributed by atoms with Gasteiger partial charge in [-0.3, -0.25) is 4.72 Å². The van der Waals surface area contributed by atoms with Crippen LogP contribution in [0, 0.1) is 0 Å². The molecule has 0 atom stereocenters. The first-order valence-corrected chi connectivity index (χ1v) is 8.20. The van der Waals surface area contributed by atoms with Crippen LogP contribution >= 0.6 is 11.6 Å². The van der Waals surface area contributed by atoms with Crippen LogP contribution in [0.25, 0.3) is 0 Å². The highest BCUT2D eigenvalue weighted by atomic mass is 35.5. The predicted octanol–water partition coefficient (Wildman–Crippen LogP) is 3.48. The molecular weight excluding hydrogens is 319 g/mol. The Morgan fingerprint density at radius 3 is 2.86 bits per heavy atom. The summed E-state index contributed by atoms with van der Waals surface area (Å²) in [5.41, 5.74) is 1.10. The van der Waals surface area contributed by atoms with Gasteiger partial charge in [0.2, 0.25) is 0 Å². The van der Waals surface area contributed by atoms with E-state index in [1.165, 1.54) is 12.1 Å². The first-order chi connectivity index (χ1) is 10.0. The third-order valence-corrected chi connectivity index (χ3v) is 4.92. The SMILES string of the molecule is O=S(=O)(Nc1cccc(CF)c1)c1onc(C2CC2)c1Cl. The van der Waals surface area contributed by atoms with Gasteiger partial charge in [0.05, 0.1) is 0 Å². The molecular formula is C13H12ClFN2O3S. The largest absolute Gasteiger partial charge is 0.341 e. The van der Waals surface area contributed by atoms with Gasteiger partial charge in [-0.15, -0.1) is 0 Å². The minimum absolute atomic E-state index is 0.0200. The predicted molar refractivity (Wildman–Crippen MR) is 75.6 cm³/mol. The molecule has 1 aromatic carbocycles. The van der Waals surface area contributed by atoms with E-state index in [0.29, 0.717) is 11.3 Å². The van der Waals surface area contributed by atoms with Crippen LogP contribution in [0.4, 0.5) is 10.1 Å². The van der Waals surface area contributed by atoms with Gasteiger partial charge in [-0.1, -0.05) is 28.9 Å². The molecule has 3 rings (SSSR count). The second-order valence-corrected chi connectivity index (χ2v) is 6.84. The van der Waals surface area contributed by atoms with E-state index >= 15 is 0 Å². The first kappa shape index (κ1) is 14.3. The summed E-state index contributed by atoms with van der Waals surface area (Å²) in [4.78, 5) is 0. The first-order valence-electron chi connectivity index (χ1n) is 6.34. The van der Waals surface area contributed by atoms with Crippen LogP contribution in [0.2, 0.25) is 5.02 Å². The minimum atomic E-state index is -3.99. The van der Waals surface area contributed by atoms with Crippen molar-refractivity contribution in [3.63, 3.8) is 0 Å². The number of hydrogen-bond donors (Lipinski definition) is 1. The number of hydrogen-bond acceptors (Lipinski definition) is 4. The third kappa shape index (κ3) is 2.89. The lowest BCUT2D eigenvalue weighted by atomic mass is 10.2. The van der Waals surface area contributed by atoms with Crippen LogP contribution in [-0.2, 0) is 16.7 Å². The highest BCUT2D eigenvalue weighted by Crippen LogP contribution is 2.44. The quantitative estimate of drug-likeness (QED) is 0.911. The molecule has 8 heteroatoms. The lowest BCUT2D eigenvalue weighted by molar-refractivity contribution is 0.335. The zero-order valence-corrected chi connectivity index (χ0v) is 12.4. The molecule has 112 valence electrons. The van der Waals surface area contributed by atoms with Gasteiger partial charge in [-0.2, -0.15) is 8.42 Å². The maximum absolute atomic E-state index is 12.6. The summed E-state index contributed by atoms with van der Waals surface area (Å²) >= 11 is 6.03. The van der Waals surface area contributed by atoms with Gasteiger partial charge < -0.3 is 4.52 Å². The average molecular weight is 331 g/mol. The summed E-state index contributed by atoms with van der Waals surface area (Å²) in [6.45, 7) is -0.676. The van der Waals surface area contributed by atoms with Crippen LogP contribution in [0.1, 0.15) is 30.0 Å². The Hall–Kier alpha value is -1.60. The summed E-state index contributed by atoms with van der Waals surface area (Å²) in [5.74, 6) is 0.181. The second-order valence-electron chi connectivity index (χ2n) is 4.88. The molecule has 1 N–H and O–H groups in total. The Morgan fingerprint density at radius 1 is 1.43 bits per heavy atom. The van der Waals surface area contributed by atoms with Gasteiger partial charge in [0.15, 0.2) is 0 Å². The maximum atomic E-state index is 12.6. The summed E-state index contributed by atoms with van der Waals surface area (Å²) in [6, 6.07) is 6.04. The normalized spacial score (nSPS) is 15.1. The molecule has 1 fully saturated rings. The monoisotopic (exact) mass is 330 g/mol. The fourth-order valence-electron chi connectivity index (χ4n) is 1.97. The van der Waals surface area contributed by atoms with Crippen LogP contribution in [0.15, 0.2) is 33.9 Å². The van der Waals surface area contributed by atoms with Gasteiger partial charge in [0.1, 0.15) is 17.4 Å². The fraction of sp³-hybridized carbons (Fsp3) is 0.308. The molecule has 0 saturated heterocycles. The van der Waals surface area contributed by atoms with E-state index < -0.39 is 21.8 Å². The van der Waals surface area contributed by atoms with Gasteiger partial charge in [0.25, 0.3) is 15.1 Å². The number of alkyl halides is 1. The Kier molecular flexibility index (Phi) is 3.62. The fourth-order valence-corrected chi connectivity index (χ4v) is 3.51.